The van der Waals surface area contributed by atoms with Gasteiger partial charge in [0.05, 0.1) is 0 Å². The first kappa shape index (κ1) is 13.1. The Bertz CT molecular complexity index is 182. The maximum Gasteiger partial charge on any atom is 0.241 e. The lowest BCUT2D eigenvalue weighted by Gasteiger charge is -2.14. The van der Waals surface area contributed by atoms with E-state index < -0.39 is 17.1 Å². The number of hydrogen-bond donors (Lipinski definition) is 1. The van der Waals surface area contributed by atoms with Gasteiger partial charge in [-0.25, -0.2) is 0 Å². The molecule has 0 aromatic heterocycles. The van der Waals surface area contributed by atoms with Crippen molar-refractivity contribution in [2.75, 3.05) is 0 Å². The Morgan fingerprint density at radius 3 is 2.64 bits per heavy atom. The Labute approximate surface area is 84.8 Å². The summed E-state index contributed by atoms with van der Waals surface area (Å²) in [5, 5.41) is 20.1. The van der Waals surface area contributed by atoms with E-state index in [2.05, 4.69) is 13.5 Å². The van der Waals surface area contributed by atoms with Crippen molar-refractivity contribution in [2.45, 2.75) is 51.2 Å². The minimum Gasteiger partial charge on any atom is -0.386 e. The quantitative estimate of drug-likeness (QED) is 0.283. The van der Waals surface area contributed by atoms with Crippen LogP contribution in [0.2, 0.25) is 0 Å². The number of rotatable bonds is 8. The highest BCUT2D eigenvalue weighted by Crippen LogP contribution is 2.11. The minimum absolute atomic E-state index is 0.236. The van der Waals surface area contributed by atoms with E-state index in [0.717, 1.165) is 19.3 Å². The fourth-order valence-electron chi connectivity index (χ4n) is 1.35. The van der Waals surface area contributed by atoms with Crippen LogP contribution in [-0.2, 0) is 0 Å². The topological polar surface area (TPSA) is 63.4 Å². The second-order valence-corrected chi connectivity index (χ2v) is 3.44. The van der Waals surface area contributed by atoms with Crippen LogP contribution in [0, 0.1) is 10.1 Å². The molecule has 0 radical (unpaired) electrons. The molecule has 0 aromatic carbocycles. The van der Waals surface area contributed by atoms with Crippen molar-refractivity contribution in [1.82, 2.24) is 0 Å². The number of nitro groups is 1. The summed E-state index contributed by atoms with van der Waals surface area (Å²) >= 11 is 0. The van der Waals surface area contributed by atoms with Crippen LogP contribution in [0.15, 0.2) is 12.7 Å². The summed E-state index contributed by atoms with van der Waals surface area (Å²) < 4.78 is 0. The Morgan fingerprint density at radius 1 is 1.57 bits per heavy atom. The van der Waals surface area contributed by atoms with Crippen LogP contribution in [0.25, 0.3) is 0 Å². The van der Waals surface area contributed by atoms with E-state index in [1.807, 2.05) is 0 Å². The second kappa shape index (κ2) is 7.50. The highest BCUT2D eigenvalue weighted by atomic mass is 16.6. The molecule has 0 aliphatic heterocycles. The monoisotopic (exact) mass is 201 g/mol. The second-order valence-electron chi connectivity index (χ2n) is 3.44. The molecule has 4 heteroatoms. The van der Waals surface area contributed by atoms with E-state index in [0.29, 0.717) is 6.42 Å². The molecule has 1 N–H and O–H groups in total. The number of unbranched alkanes of at least 4 members (excludes halogenated alkanes) is 2. The van der Waals surface area contributed by atoms with Crippen molar-refractivity contribution in [3.63, 3.8) is 0 Å². The molecule has 0 saturated heterocycles. The van der Waals surface area contributed by atoms with Gasteiger partial charge in [-0.1, -0.05) is 32.3 Å². The van der Waals surface area contributed by atoms with Crippen molar-refractivity contribution in [3.05, 3.63) is 22.8 Å². The smallest absolute Gasteiger partial charge is 0.241 e. The summed E-state index contributed by atoms with van der Waals surface area (Å²) in [7, 11) is 0. The summed E-state index contributed by atoms with van der Waals surface area (Å²) in [5.41, 5.74) is 0. The van der Waals surface area contributed by atoms with Gasteiger partial charge in [0.1, 0.15) is 6.10 Å². The first-order valence-corrected chi connectivity index (χ1v) is 5.05. The minimum atomic E-state index is -0.885. The van der Waals surface area contributed by atoms with Crippen LogP contribution in [0.5, 0.6) is 0 Å². The van der Waals surface area contributed by atoms with Crippen LogP contribution in [0.1, 0.15) is 39.0 Å². The summed E-state index contributed by atoms with van der Waals surface area (Å²) in [6.07, 6.45) is 4.30. The van der Waals surface area contributed by atoms with Crippen molar-refractivity contribution in [1.29, 1.82) is 0 Å². The zero-order valence-electron chi connectivity index (χ0n) is 8.69. The molecule has 4 nitrogen and oxygen atoms in total. The molecule has 0 aromatic rings. The summed E-state index contributed by atoms with van der Waals surface area (Å²) in [5.74, 6) is 0. The molecule has 0 heterocycles. The van der Waals surface area contributed by atoms with Gasteiger partial charge in [-0.15, -0.1) is 6.58 Å². The van der Waals surface area contributed by atoms with Gasteiger partial charge in [0.15, 0.2) is 0 Å². The Kier molecular flexibility index (Phi) is 7.02. The third-order valence-electron chi connectivity index (χ3n) is 2.23. The predicted molar refractivity (Wildman–Crippen MR) is 55.7 cm³/mol. The van der Waals surface area contributed by atoms with Crippen LogP contribution in [-0.4, -0.2) is 22.2 Å². The first-order valence-electron chi connectivity index (χ1n) is 5.05. The van der Waals surface area contributed by atoms with Gasteiger partial charge in [0.2, 0.25) is 6.04 Å². The fraction of sp³-hybridized carbons (Fsp3) is 0.800. The molecule has 0 aliphatic carbocycles. The maximum absolute atomic E-state index is 10.6. The van der Waals surface area contributed by atoms with Crippen LogP contribution in [0.4, 0.5) is 0 Å². The highest BCUT2D eigenvalue weighted by molar-refractivity contribution is 4.78. The zero-order valence-corrected chi connectivity index (χ0v) is 8.69. The molecule has 0 spiro atoms. The number of nitrogens with zero attached hydrogens (tertiary/aromatic N) is 1. The van der Waals surface area contributed by atoms with E-state index in [9.17, 15) is 15.2 Å². The van der Waals surface area contributed by atoms with Gasteiger partial charge in [-0.3, -0.25) is 10.1 Å². The zero-order chi connectivity index (χ0) is 11.0. The Morgan fingerprint density at radius 2 is 2.21 bits per heavy atom. The molecule has 0 fully saturated rings. The van der Waals surface area contributed by atoms with Crippen molar-refractivity contribution in [2.24, 2.45) is 0 Å². The average Bonchev–Trinajstić information content (AvgIpc) is 2.13. The molecule has 0 amide bonds. The lowest BCUT2D eigenvalue weighted by Crippen LogP contribution is -2.33. The summed E-state index contributed by atoms with van der Waals surface area (Å²) in [4.78, 5) is 10.1. The highest BCUT2D eigenvalue weighted by Gasteiger charge is 2.27. The molecule has 0 unspecified atom stereocenters. The molecule has 82 valence electrons. The molecule has 0 aliphatic rings. The van der Waals surface area contributed by atoms with Gasteiger partial charge in [-0.05, 0) is 6.42 Å². The SMILES string of the molecule is C=CC[C@H]([C@@H](O)CCCCC)[N+](=O)[O-]. The first-order chi connectivity index (χ1) is 6.63. The van der Waals surface area contributed by atoms with Crippen LogP contribution in [0.3, 0.4) is 0 Å². The van der Waals surface area contributed by atoms with E-state index in [1.165, 1.54) is 6.08 Å². The molecule has 14 heavy (non-hydrogen) atoms. The van der Waals surface area contributed by atoms with E-state index in [-0.39, 0.29) is 6.42 Å². The lowest BCUT2D eigenvalue weighted by atomic mass is 10.0. The van der Waals surface area contributed by atoms with E-state index in [4.69, 9.17) is 0 Å². The normalized spacial score (nSPS) is 14.7. The Balaban J connectivity index is 3.94. The summed E-state index contributed by atoms with van der Waals surface area (Å²) in [6.45, 7) is 5.50. The van der Waals surface area contributed by atoms with Gasteiger partial charge in [0.25, 0.3) is 0 Å². The molecular weight excluding hydrogens is 182 g/mol. The van der Waals surface area contributed by atoms with Gasteiger partial charge < -0.3 is 5.11 Å². The molecule has 2 atom stereocenters. The molecule has 0 bridgehead atoms. The number of aliphatic hydroxyl groups is 1. The van der Waals surface area contributed by atoms with Crippen molar-refractivity contribution in [3.8, 4) is 0 Å². The van der Waals surface area contributed by atoms with Crippen LogP contribution < -0.4 is 0 Å². The maximum atomic E-state index is 10.6. The average molecular weight is 201 g/mol. The standard InChI is InChI=1S/C10H19NO3/c1-3-5-6-8-10(12)9(7-4-2)11(13)14/h4,9-10,12H,2-3,5-8H2,1H3/t9-,10+/m1/s1. The van der Waals surface area contributed by atoms with Crippen LogP contribution >= 0.6 is 0 Å². The lowest BCUT2D eigenvalue weighted by molar-refractivity contribution is -0.533. The Hall–Kier alpha value is -0.900. The van der Waals surface area contributed by atoms with Gasteiger partial charge in [-0.2, -0.15) is 0 Å². The third-order valence-corrected chi connectivity index (χ3v) is 2.23. The molecule has 0 rings (SSSR count). The predicted octanol–water partition coefficient (Wildman–Crippen LogP) is 2.15. The van der Waals surface area contributed by atoms with Gasteiger partial charge >= 0.3 is 0 Å². The molecular formula is C10H19NO3. The van der Waals surface area contributed by atoms with Gasteiger partial charge in [0, 0.05) is 11.3 Å². The van der Waals surface area contributed by atoms with E-state index in [1.54, 1.807) is 0 Å². The van der Waals surface area contributed by atoms with Crippen molar-refractivity contribution < 1.29 is 10.0 Å². The van der Waals surface area contributed by atoms with E-state index >= 15 is 0 Å². The fourth-order valence-corrected chi connectivity index (χ4v) is 1.35. The number of hydrogen-bond acceptors (Lipinski definition) is 3. The van der Waals surface area contributed by atoms with Crippen molar-refractivity contribution >= 4 is 0 Å². The molecule has 0 saturated carbocycles. The third kappa shape index (κ3) is 4.97. The number of aliphatic hydroxyl groups excluding tert-OH is 1. The summed E-state index contributed by atoms with van der Waals surface area (Å²) in [6, 6.07) is -0.885. The largest absolute Gasteiger partial charge is 0.386 e.